The largest absolute Gasteiger partial charge is 0.348 e. The van der Waals surface area contributed by atoms with Crippen LogP contribution >= 0.6 is 22.9 Å². The van der Waals surface area contributed by atoms with E-state index in [1.54, 1.807) is 0 Å². The van der Waals surface area contributed by atoms with Gasteiger partial charge >= 0.3 is 0 Å². The number of hydrogen-bond acceptors (Lipinski definition) is 4. The van der Waals surface area contributed by atoms with Crippen LogP contribution in [0.3, 0.4) is 0 Å². The van der Waals surface area contributed by atoms with E-state index in [-0.39, 0.29) is 0 Å². The van der Waals surface area contributed by atoms with Crippen molar-refractivity contribution in [1.29, 1.82) is 0 Å². The van der Waals surface area contributed by atoms with Gasteiger partial charge in [-0.2, -0.15) is 0 Å². The van der Waals surface area contributed by atoms with Crippen LogP contribution in [-0.4, -0.2) is 24.4 Å². The summed E-state index contributed by atoms with van der Waals surface area (Å²) >= 11 is 7.07. The minimum absolute atomic E-state index is 0.330. The molecule has 5 heteroatoms. The van der Waals surface area contributed by atoms with E-state index in [1.807, 2.05) is 0 Å². The van der Waals surface area contributed by atoms with Crippen LogP contribution in [0.15, 0.2) is 0 Å². The van der Waals surface area contributed by atoms with Crippen LogP contribution in [0, 0.1) is 0 Å². The van der Waals surface area contributed by atoms with Crippen LogP contribution in [0.5, 0.6) is 0 Å². The molecule has 0 unspecified atom stereocenters. The van der Waals surface area contributed by atoms with Gasteiger partial charge in [0.05, 0.1) is 0 Å². The van der Waals surface area contributed by atoms with Gasteiger partial charge in [0.1, 0.15) is 4.88 Å². The first-order chi connectivity index (χ1) is 5.81. The number of aldehydes is 1. The molecule has 0 amide bonds. The number of rotatable bonds is 2. The van der Waals surface area contributed by atoms with Crippen molar-refractivity contribution < 1.29 is 4.79 Å². The maximum absolute atomic E-state index is 10.4. The van der Waals surface area contributed by atoms with Crippen LogP contribution in [0.4, 0.5) is 5.13 Å². The average molecular weight is 203 g/mol. The molecule has 0 radical (unpaired) electrons. The van der Waals surface area contributed by atoms with Gasteiger partial charge in [-0.15, -0.1) is 0 Å². The van der Waals surface area contributed by atoms with E-state index in [2.05, 4.69) is 9.88 Å². The molecule has 0 atom stereocenters. The fourth-order valence-electron chi connectivity index (χ4n) is 1.02. The van der Waals surface area contributed by atoms with Gasteiger partial charge in [0.15, 0.2) is 16.6 Å². The number of hydrogen-bond donors (Lipinski definition) is 0. The number of halogens is 1. The van der Waals surface area contributed by atoms with E-state index in [0.717, 1.165) is 24.5 Å². The Hall–Kier alpha value is -0.610. The predicted octanol–water partition coefficient (Wildman–Crippen LogP) is 1.82. The van der Waals surface area contributed by atoms with Crippen molar-refractivity contribution in [3.05, 3.63) is 10.0 Å². The molecular formula is C7H7ClN2OS. The van der Waals surface area contributed by atoms with Crippen molar-refractivity contribution >= 4 is 34.4 Å². The molecule has 64 valence electrons. The highest BCUT2D eigenvalue weighted by Gasteiger charge is 2.19. The second-order valence-corrected chi connectivity index (χ2v) is 3.98. The SMILES string of the molecule is O=Cc1sc(N2CCC2)nc1Cl. The summed E-state index contributed by atoms with van der Waals surface area (Å²) in [6, 6.07) is 0. The lowest BCUT2D eigenvalue weighted by Gasteiger charge is -2.30. The zero-order valence-electron chi connectivity index (χ0n) is 6.29. The van der Waals surface area contributed by atoms with E-state index in [1.165, 1.54) is 17.8 Å². The highest BCUT2D eigenvalue weighted by Crippen LogP contribution is 2.30. The molecule has 3 nitrogen and oxygen atoms in total. The molecule has 1 fully saturated rings. The molecule has 2 rings (SSSR count). The number of aromatic nitrogens is 1. The number of anilines is 1. The Bertz CT molecular complexity index is 308. The summed E-state index contributed by atoms with van der Waals surface area (Å²) in [4.78, 5) is 17.2. The second kappa shape index (κ2) is 3.03. The van der Waals surface area contributed by atoms with Gasteiger partial charge in [0.2, 0.25) is 0 Å². The van der Waals surface area contributed by atoms with Gasteiger partial charge in [0, 0.05) is 13.1 Å². The molecule has 0 spiro atoms. The molecule has 0 saturated carbocycles. The Morgan fingerprint density at radius 3 is 2.75 bits per heavy atom. The van der Waals surface area contributed by atoms with Crippen molar-refractivity contribution in [3.8, 4) is 0 Å². The summed E-state index contributed by atoms with van der Waals surface area (Å²) in [5.74, 6) is 0. The average Bonchev–Trinajstić information content (AvgIpc) is 2.27. The Kier molecular flexibility index (Phi) is 2.02. The van der Waals surface area contributed by atoms with Crippen molar-refractivity contribution in [2.75, 3.05) is 18.0 Å². The first-order valence-corrected chi connectivity index (χ1v) is 4.87. The lowest BCUT2D eigenvalue weighted by atomic mass is 10.2. The number of carbonyl (C=O) groups excluding carboxylic acids is 1. The first kappa shape index (κ1) is 8.01. The van der Waals surface area contributed by atoms with Gasteiger partial charge in [0.25, 0.3) is 0 Å². The summed E-state index contributed by atoms with van der Waals surface area (Å²) < 4.78 is 0. The van der Waals surface area contributed by atoms with Crippen LogP contribution in [0.25, 0.3) is 0 Å². The topological polar surface area (TPSA) is 33.2 Å². The fraction of sp³-hybridized carbons (Fsp3) is 0.429. The number of carbonyl (C=O) groups is 1. The van der Waals surface area contributed by atoms with Gasteiger partial charge in [-0.25, -0.2) is 4.98 Å². The van der Waals surface area contributed by atoms with Crippen LogP contribution in [0.1, 0.15) is 16.1 Å². The predicted molar refractivity (Wildman–Crippen MR) is 49.3 cm³/mol. The third-order valence-corrected chi connectivity index (χ3v) is 3.27. The zero-order valence-corrected chi connectivity index (χ0v) is 7.86. The van der Waals surface area contributed by atoms with Crippen molar-refractivity contribution in [2.24, 2.45) is 0 Å². The van der Waals surface area contributed by atoms with E-state index in [0.29, 0.717) is 10.0 Å². The third-order valence-electron chi connectivity index (χ3n) is 1.83. The molecule has 1 aliphatic heterocycles. The first-order valence-electron chi connectivity index (χ1n) is 3.67. The lowest BCUT2D eigenvalue weighted by molar-refractivity contribution is 0.112. The fourth-order valence-corrected chi connectivity index (χ4v) is 2.13. The van der Waals surface area contributed by atoms with Crippen LogP contribution in [-0.2, 0) is 0 Å². The Morgan fingerprint density at radius 1 is 1.58 bits per heavy atom. The molecule has 1 aliphatic rings. The number of nitrogens with zero attached hydrogens (tertiary/aromatic N) is 2. The van der Waals surface area contributed by atoms with Crippen LogP contribution < -0.4 is 4.90 Å². The molecule has 0 N–H and O–H groups in total. The molecule has 1 aromatic heterocycles. The molecular weight excluding hydrogens is 196 g/mol. The maximum Gasteiger partial charge on any atom is 0.187 e. The second-order valence-electron chi connectivity index (χ2n) is 2.61. The normalized spacial score (nSPS) is 15.9. The monoisotopic (exact) mass is 202 g/mol. The molecule has 0 bridgehead atoms. The molecule has 1 saturated heterocycles. The minimum Gasteiger partial charge on any atom is -0.348 e. The molecule has 0 aromatic carbocycles. The summed E-state index contributed by atoms with van der Waals surface area (Å²) in [5.41, 5.74) is 0. The van der Waals surface area contributed by atoms with Crippen LogP contribution in [0.2, 0.25) is 5.15 Å². The van der Waals surface area contributed by atoms with Gasteiger partial charge < -0.3 is 4.90 Å². The molecule has 1 aromatic rings. The third kappa shape index (κ3) is 1.21. The standard InChI is InChI=1S/C7H7ClN2OS/c8-6-5(4-11)12-7(9-6)10-2-1-3-10/h4H,1-3H2. The quantitative estimate of drug-likeness (QED) is 0.686. The highest BCUT2D eigenvalue weighted by molar-refractivity contribution is 7.17. The zero-order chi connectivity index (χ0) is 8.55. The van der Waals surface area contributed by atoms with E-state index >= 15 is 0 Å². The lowest BCUT2D eigenvalue weighted by Crippen LogP contribution is -2.36. The molecule has 0 aliphatic carbocycles. The Balaban J connectivity index is 2.27. The van der Waals surface area contributed by atoms with E-state index in [4.69, 9.17) is 11.6 Å². The van der Waals surface area contributed by atoms with Crippen molar-refractivity contribution in [1.82, 2.24) is 4.98 Å². The summed E-state index contributed by atoms with van der Waals surface area (Å²) in [6.07, 6.45) is 1.96. The van der Waals surface area contributed by atoms with Crippen molar-refractivity contribution in [2.45, 2.75) is 6.42 Å². The molecule has 12 heavy (non-hydrogen) atoms. The summed E-state index contributed by atoms with van der Waals surface area (Å²) in [6.45, 7) is 2.06. The van der Waals surface area contributed by atoms with E-state index in [9.17, 15) is 4.79 Å². The molecule has 2 heterocycles. The maximum atomic E-state index is 10.4. The smallest absolute Gasteiger partial charge is 0.187 e. The Morgan fingerprint density at radius 2 is 2.33 bits per heavy atom. The summed E-state index contributed by atoms with van der Waals surface area (Å²) in [7, 11) is 0. The Labute approximate surface area is 79.0 Å². The van der Waals surface area contributed by atoms with E-state index < -0.39 is 0 Å². The van der Waals surface area contributed by atoms with Gasteiger partial charge in [-0.05, 0) is 6.42 Å². The summed E-state index contributed by atoms with van der Waals surface area (Å²) in [5, 5.41) is 1.20. The number of thiazole rings is 1. The highest BCUT2D eigenvalue weighted by atomic mass is 35.5. The van der Waals surface area contributed by atoms with Gasteiger partial charge in [-0.3, -0.25) is 4.79 Å². The minimum atomic E-state index is 0.330. The van der Waals surface area contributed by atoms with Crippen molar-refractivity contribution in [3.63, 3.8) is 0 Å². The van der Waals surface area contributed by atoms with Gasteiger partial charge in [-0.1, -0.05) is 22.9 Å².